The zero-order chi connectivity index (χ0) is 11.4. The number of anilines is 1. The fourth-order valence-electron chi connectivity index (χ4n) is 2.29. The van der Waals surface area contributed by atoms with Crippen LogP contribution < -0.4 is 10.2 Å². The van der Waals surface area contributed by atoms with Gasteiger partial charge in [-0.15, -0.1) is 5.10 Å². The highest BCUT2D eigenvalue weighted by Gasteiger charge is 2.20. The molecule has 0 aromatic carbocycles. The predicted octanol–water partition coefficient (Wildman–Crippen LogP) is 1.57. The van der Waals surface area contributed by atoms with Crippen molar-refractivity contribution in [3.8, 4) is 0 Å². The smallest absolute Gasteiger partial charge is 0.151 e. The van der Waals surface area contributed by atoms with E-state index in [0.717, 1.165) is 18.1 Å². The van der Waals surface area contributed by atoms with Crippen LogP contribution in [0.4, 0.5) is 5.82 Å². The van der Waals surface area contributed by atoms with Crippen LogP contribution in [0, 0.1) is 0 Å². The molecule has 1 saturated carbocycles. The van der Waals surface area contributed by atoms with Gasteiger partial charge in [0.15, 0.2) is 5.82 Å². The van der Waals surface area contributed by atoms with Crippen molar-refractivity contribution in [2.75, 3.05) is 19.0 Å². The van der Waals surface area contributed by atoms with E-state index < -0.39 is 0 Å². The van der Waals surface area contributed by atoms with Crippen molar-refractivity contribution >= 4 is 5.82 Å². The third kappa shape index (κ3) is 2.50. The van der Waals surface area contributed by atoms with Crippen molar-refractivity contribution in [1.82, 2.24) is 15.5 Å². The van der Waals surface area contributed by atoms with Gasteiger partial charge >= 0.3 is 0 Å². The van der Waals surface area contributed by atoms with Crippen molar-refractivity contribution < 1.29 is 0 Å². The van der Waals surface area contributed by atoms with E-state index in [-0.39, 0.29) is 0 Å². The van der Waals surface area contributed by atoms with Crippen LogP contribution in [-0.4, -0.2) is 30.3 Å². The van der Waals surface area contributed by atoms with Crippen LogP contribution in [0.2, 0.25) is 0 Å². The number of hydrogen-bond donors (Lipinski definition) is 1. The quantitative estimate of drug-likeness (QED) is 0.836. The average molecular weight is 220 g/mol. The van der Waals surface area contributed by atoms with Crippen molar-refractivity contribution in [2.45, 2.75) is 38.3 Å². The third-order valence-corrected chi connectivity index (χ3v) is 3.30. The SMILES string of the molecule is CNCc1ccc(N(C)C2CCCC2)nn1. The average Bonchev–Trinajstić information content (AvgIpc) is 2.83. The zero-order valence-corrected chi connectivity index (χ0v) is 10.1. The normalized spacial score (nSPS) is 16.6. The Bertz CT molecular complexity index is 316. The number of hydrogen-bond acceptors (Lipinski definition) is 4. The zero-order valence-electron chi connectivity index (χ0n) is 10.1. The maximum Gasteiger partial charge on any atom is 0.151 e. The lowest BCUT2D eigenvalue weighted by atomic mass is 10.2. The first-order valence-corrected chi connectivity index (χ1v) is 6.01. The fraction of sp³-hybridized carbons (Fsp3) is 0.667. The highest BCUT2D eigenvalue weighted by Crippen LogP contribution is 2.25. The van der Waals surface area contributed by atoms with Gasteiger partial charge < -0.3 is 10.2 Å². The van der Waals surface area contributed by atoms with E-state index in [4.69, 9.17) is 0 Å². The van der Waals surface area contributed by atoms with Crippen molar-refractivity contribution in [2.24, 2.45) is 0 Å². The summed E-state index contributed by atoms with van der Waals surface area (Å²) in [6, 6.07) is 4.77. The van der Waals surface area contributed by atoms with Crippen molar-refractivity contribution in [3.63, 3.8) is 0 Å². The summed E-state index contributed by atoms with van der Waals surface area (Å²) in [6.07, 6.45) is 5.27. The molecule has 16 heavy (non-hydrogen) atoms. The number of nitrogens with one attached hydrogen (secondary N) is 1. The highest BCUT2D eigenvalue weighted by atomic mass is 15.3. The number of rotatable bonds is 4. The predicted molar refractivity (Wildman–Crippen MR) is 65.5 cm³/mol. The van der Waals surface area contributed by atoms with Crippen LogP contribution in [-0.2, 0) is 6.54 Å². The molecule has 0 radical (unpaired) electrons. The Kier molecular flexibility index (Phi) is 3.72. The van der Waals surface area contributed by atoms with E-state index in [0.29, 0.717) is 6.04 Å². The van der Waals surface area contributed by atoms with E-state index in [9.17, 15) is 0 Å². The Balaban J connectivity index is 2.02. The van der Waals surface area contributed by atoms with Crippen molar-refractivity contribution in [3.05, 3.63) is 17.8 Å². The van der Waals surface area contributed by atoms with Gasteiger partial charge in [0.25, 0.3) is 0 Å². The molecule has 0 unspecified atom stereocenters. The van der Waals surface area contributed by atoms with Crippen LogP contribution in [0.25, 0.3) is 0 Å². The summed E-state index contributed by atoms with van der Waals surface area (Å²) in [5, 5.41) is 11.6. The van der Waals surface area contributed by atoms with Gasteiger partial charge in [-0.25, -0.2) is 0 Å². The minimum absolute atomic E-state index is 0.657. The van der Waals surface area contributed by atoms with E-state index in [2.05, 4.69) is 33.5 Å². The van der Waals surface area contributed by atoms with Gasteiger partial charge in [0, 0.05) is 19.6 Å². The van der Waals surface area contributed by atoms with Crippen molar-refractivity contribution in [1.29, 1.82) is 0 Å². The summed E-state index contributed by atoms with van der Waals surface area (Å²) in [4.78, 5) is 2.27. The van der Waals surface area contributed by atoms with Gasteiger partial charge in [-0.3, -0.25) is 0 Å². The molecule has 4 nitrogen and oxygen atoms in total. The van der Waals surface area contributed by atoms with Gasteiger partial charge in [-0.2, -0.15) is 5.10 Å². The Morgan fingerprint density at radius 3 is 2.62 bits per heavy atom. The Morgan fingerprint density at radius 1 is 1.31 bits per heavy atom. The summed E-state index contributed by atoms with van der Waals surface area (Å²) in [6.45, 7) is 0.778. The molecule has 0 saturated heterocycles. The van der Waals surface area contributed by atoms with E-state index in [1.165, 1.54) is 25.7 Å². The Hall–Kier alpha value is -1.16. The highest BCUT2D eigenvalue weighted by molar-refractivity contribution is 5.37. The van der Waals surface area contributed by atoms with Crippen LogP contribution in [0.5, 0.6) is 0 Å². The third-order valence-electron chi connectivity index (χ3n) is 3.30. The first-order valence-electron chi connectivity index (χ1n) is 6.01. The molecule has 0 bridgehead atoms. The standard InChI is InChI=1S/C12H20N4/c1-13-9-10-7-8-12(15-14-10)16(2)11-5-3-4-6-11/h7-8,11,13H,3-6,9H2,1-2H3. The molecular weight excluding hydrogens is 200 g/mol. The molecular formula is C12H20N4. The summed E-state index contributed by atoms with van der Waals surface area (Å²) < 4.78 is 0. The van der Waals surface area contributed by atoms with Crippen LogP contribution in [0.3, 0.4) is 0 Å². The maximum absolute atomic E-state index is 4.28. The van der Waals surface area contributed by atoms with Gasteiger partial charge in [-0.05, 0) is 32.0 Å². The Morgan fingerprint density at radius 2 is 2.06 bits per heavy atom. The number of nitrogens with zero attached hydrogens (tertiary/aromatic N) is 3. The topological polar surface area (TPSA) is 41.0 Å². The second-order valence-electron chi connectivity index (χ2n) is 4.46. The molecule has 1 aromatic heterocycles. The monoisotopic (exact) mass is 220 g/mol. The summed E-state index contributed by atoms with van der Waals surface area (Å²) in [5.41, 5.74) is 0.992. The lowest BCUT2D eigenvalue weighted by Gasteiger charge is -2.24. The molecule has 1 aliphatic carbocycles. The molecule has 1 heterocycles. The molecule has 1 N–H and O–H groups in total. The lowest BCUT2D eigenvalue weighted by Crippen LogP contribution is -2.29. The molecule has 0 amide bonds. The second kappa shape index (κ2) is 5.25. The number of aromatic nitrogens is 2. The van der Waals surface area contributed by atoms with Gasteiger partial charge in [0.1, 0.15) is 0 Å². The minimum atomic E-state index is 0.657. The van der Waals surface area contributed by atoms with E-state index >= 15 is 0 Å². The summed E-state index contributed by atoms with van der Waals surface area (Å²) >= 11 is 0. The lowest BCUT2D eigenvalue weighted by molar-refractivity contribution is 0.639. The molecule has 2 rings (SSSR count). The second-order valence-corrected chi connectivity index (χ2v) is 4.46. The van der Waals surface area contributed by atoms with Crippen LogP contribution in [0.1, 0.15) is 31.4 Å². The molecule has 1 aromatic rings. The van der Waals surface area contributed by atoms with Crippen LogP contribution in [0.15, 0.2) is 12.1 Å². The summed E-state index contributed by atoms with van der Waals surface area (Å²) in [5.74, 6) is 0.992. The fourth-order valence-corrected chi connectivity index (χ4v) is 2.29. The first kappa shape index (κ1) is 11.3. The minimum Gasteiger partial charge on any atom is -0.355 e. The largest absolute Gasteiger partial charge is 0.355 e. The molecule has 0 aliphatic heterocycles. The molecule has 1 aliphatic rings. The van der Waals surface area contributed by atoms with E-state index in [1.807, 2.05) is 13.1 Å². The molecule has 4 heteroatoms. The van der Waals surface area contributed by atoms with Gasteiger partial charge in [-0.1, -0.05) is 12.8 Å². The molecule has 0 atom stereocenters. The van der Waals surface area contributed by atoms with Gasteiger partial charge in [0.05, 0.1) is 5.69 Å². The Labute approximate surface area is 97.1 Å². The molecule has 88 valence electrons. The van der Waals surface area contributed by atoms with Gasteiger partial charge in [0.2, 0.25) is 0 Å². The maximum atomic E-state index is 4.28. The first-order chi connectivity index (χ1) is 7.81. The molecule has 1 fully saturated rings. The molecule has 0 spiro atoms. The summed E-state index contributed by atoms with van der Waals surface area (Å²) in [7, 11) is 4.04. The van der Waals surface area contributed by atoms with Crippen LogP contribution >= 0.6 is 0 Å². The van der Waals surface area contributed by atoms with E-state index in [1.54, 1.807) is 0 Å².